The van der Waals surface area contributed by atoms with Gasteiger partial charge < -0.3 is 4.74 Å². The van der Waals surface area contributed by atoms with Gasteiger partial charge in [0.05, 0.1) is 11.1 Å². The van der Waals surface area contributed by atoms with Gasteiger partial charge in [-0.2, -0.15) is 0 Å². The molecule has 3 heteroatoms. The highest BCUT2D eigenvalue weighted by molar-refractivity contribution is 6.02. The van der Waals surface area contributed by atoms with Crippen molar-refractivity contribution in [3.63, 3.8) is 0 Å². The van der Waals surface area contributed by atoms with Crippen LogP contribution in [0.2, 0.25) is 0 Å². The number of aldehydes is 1. The molecular formula is C18H12O3. The van der Waals surface area contributed by atoms with Gasteiger partial charge in [-0.15, -0.1) is 0 Å². The van der Waals surface area contributed by atoms with Crippen LogP contribution in [0.5, 0.6) is 5.75 Å². The van der Waals surface area contributed by atoms with Gasteiger partial charge in [-0.1, -0.05) is 48.5 Å². The van der Waals surface area contributed by atoms with Gasteiger partial charge in [0.15, 0.2) is 6.29 Å². The second-order valence-corrected chi connectivity index (χ2v) is 4.57. The molecule has 3 aromatic carbocycles. The van der Waals surface area contributed by atoms with Crippen molar-refractivity contribution in [3.8, 4) is 5.75 Å². The van der Waals surface area contributed by atoms with E-state index in [1.165, 1.54) is 0 Å². The fraction of sp³-hybridized carbons (Fsp3) is 0. The van der Waals surface area contributed by atoms with Crippen LogP contribution in [0.4, 0.5) is 0 Å². The summed E-state index contributed by atoms with van der Waals surface area (Å²) in [5.41, 5.74) is 0.833. The molecule has 0 aliphatic carbocycles. The van der Waals surface area contributed by atoms with Crippen LogP contribution in [0.25, 0.3) is 10.8 Å². The van der Waals surface area contributed by atoms with Crippen molar-refractivity contribution in [2.24, 2.45) is 0 Å². The van der Waals surface area contributed by atoms with Gasteiger partial charge in [0.2, 0.25) is 0 Å². The lowest BCUT2D eigenvalue weighted by Crippen LogP contribution is -2.09. The van der Waals surface area contributed by atoms with Crippen molar-refractivity contribution >= 4 is 23.0 Å². The summed E-state index contributed by atoms with van der Waals surface area (Å²) in [4.78, 5) is 23.4. The smallest absolute Gasteiger partial charge is 0.343 e. The summed E-state index contributed by atoms with van der Waals surface area (Å²) >= 11 is 0. The lowest BCUT2D eigenvalue weighted by atomic mass is 10.0. The molecule has 0 saturated heterocycles. The maximum absolute atomic E-state index is 12.1. The van der Waals surface area contributed by atoms with E-state index in [9.17, 15) is 9.59 Å². The van der Waals surface area contributed by atoms with Gasteiger partial charge in [0.1, 0.15) is 5.75 Å². The summed E-state index contributed by atoms with van der Waals surface area (Å²) in [5, 5.41) is 1.70. The zero-order valence-corrected chi connectivity index (χ0v) is 11.2. The highest BCUT2D eigenvalue weighted by atomic mass is 16.5. The predicted molar refractivity (Wildman–Crippen MR) is 80.7 cm³/mol. The van der Waals surface area contributed by atoms with Gasteiger partial charge >= 0.3 is 5.97 Å². The molecule has 0 atom stereocenters. The first kappa shape index (κ1) is 13.1. The molecular weight excluding hydrogens is 264 g/mol. The molecule has 102 valence electrons. The Morgan fingerprint density at radius 3 is 2.33 bits per heavy atom. The molecule has 0 radical (unpaired) electrons. The lowest BCUT2D eigenvalue weighted by molar-refractivity contribution is 0.0734. The van der Waals surface area contributed by atoms with Crippen molar-refractivity contribution in [2.45, 2.75) is 0 Å². The fourth-order valence-electron chi connectivity index (χ4n) is 2.22. The van der Waals surface area contributed by atoms with E-state index in [1.807, 2.05) is 36.4 Å². The SMILES string of the molecule is O=Cc1c(OC(=O)c2ccccc2)ccc2ccccc12. The first-order valence-electron chi connectivity index (χ1n) is 6.54. The van der Waals surface area contributed by atoms with E-state index in [2.05, 4.69) is 0 Å². The summed E-state index contributed by atoms with van der Waals surface area (Å²) in [6, 6.07) is 19.6. The van der Waals surface area contributed by atoms with E-state index in [0.29, 0.717) is 11.1 Å². The van der Waals surface area contributed by atoms with E-state index in [-0.39, 0.29) is 5.75 Å². The molecule has 0 amide bonds. The Bertz CT molecular complexity index is 807. The van der Waals surface area contributed by atoms with Gasteiger partial charge in [-0.25, -0.2) is 4.79 Å². The van der Waals surface area contributed by atoms with E-state index in [1.54, 1.807) is 30.3 Å². The minimum absolute atomic E-state index is 0.276. The molecule has 3 rings (SSSR count). The monoisotopic (exact) mass is 276 g/mol. The Balaban J connectivity index is 2.01. The molecule has 0 aliphatic heterocycles. The zero-order chi connectivity index (χ0) is 14.7. The van der Waals surface area contributed by atoms with E-state index >= 15 is 0 Å². The second kappa shape index (κ2) is 5.59. The molecule has 0 saturated carbocycles. The topological polar surface area (TPSA) is 43.4 Å². The first-order chi connectivity index (χ1) is 10.3. The van der Waals surface area contributed by atoms with Crippen LogP contribution in [0.3, 0.4) is 0 Å². The van der Waals surface area contributed by atoms with Crippen LogP contribution in [0, 0.1) is 0 Å². The van der Waals surface area contributed by atoms with Crippen LogP contribution in [-0.4, -0.2) is 12.3 Å². The molecule has 0 N–H and O–H groups in total. The molecule has 3 nitrogen and oxygen atoms in total. The van der Waals surface area contributed by atoms with Crippen LogP contribution in [-0.2, 0) is 0 Å². The number of ether oxygens (including phenoxy) is 1. The maximum atomic E-state index is 12.1. The Morgan fingerprint density at radius 2 is 1.57 bits per heavy atom. The number of hydrogen-bond donors (Lipinski definition) is 0. The number of hydrogen-bond acceptors (Lipinski definition) is 3. The summed E-state index contributed by atoms with van der Waals surface area (Å²) < 4.78 is 5.36. The van der Waals surface area contributed by atoms with Crippen molar-refractivity contribution < 1.29 is 14.3 Å². The highest BCUT2D eigenvalue weighted by Gasteiger charge is 2.13. The van der Waals surface area contributed by atoms with Crippen molar-refractivity contribution in [3.05, 3.63) is 77.9 Å². The second-order valence-electron chi connectivity index (χ2n) is 4.57. The summed E-state index contributed by atoms with van der Waals surface area (Å²) in [6.45, 7) is 0. The molecule has 0 fully saturated rings. The average Bonchev–Trinajstić information content (AvgIpc) is 2.55. The third kappa shape index (κ3) is 2.54. The largest absolute Gasteiger partial charge is 0.422 e. The molecule has 0 unspecified atom stereocenters. The molecule has 21 heavy (non-hydrogen) atoms. The standard InChI is InChI=1S/C18H12O3/c19-12-16-15-9-5-4-6-13(15)10-11-17(16)21-18(20)14-7-2-1-3-8-14/h1-12H. The van der Waals surface area contributed by atoms with Gasteiger partial charge in [0, 0.05) is 0 Å². The Kier molecular flexibility index (Phi) is 3.48. The van der Waals surface area contributed by atoms with Crippen LogP contribution >= 0.6 is 0 Å². The Morgan fingerprint density at radius 1 is 0.857 bits per heavy atom. The summed E-state index contributed by atoms with van der Waals surface area (Å²) in [6.07, 6.45) is 0.718. The summed E-state index contributed by atoms with van der Waals surface area (Å²) in [5.74, 6) is -0.202. The number of carbonyl (C=O) groups excluding carboxylic acids is 2. The van der Waals surface area contributed by atoms with Crippen LogP contribution in [0.15, 0.2) is 66.7 Å². The number of carbonyl (C=O) groups is 2. The molecule has 0 aromatic heterocycles. The van der Waals surface area contributed by atoms with Gasteiger partial charge in [-0.3, -0.25) is 4.79 Å². The lowest BCUT2D eigenvalue weighted by Gasteiger charge is -2.09. The molecule has 0 aliphatic rings. The van der Waals surface area contributed by atoms with Gasteiger partial charge in [-0.05, 0) is 29.0 Å². The minimum Gasteiger partial charge on any atom is -0.422 e. The Labute approximate surface area is 121 Å². The zero-order valence-electron chi connectivity index (χ0n) is 11.2. The molecule has 0 spiro atoms. The summed E-state index contributed by atoms with van der Waals surface area (Å²) in [7, 11) is 0. The average molecular weight is 276 g/mol. The fourth-order valence-corrected chi connectivity index (χ4v) is 2.22. The predicted octanol–water partition coefficient (Wildman–Crippen LogP) is 3.87. The quantitative estimate of drug-likeness (QED) is 0.414. The molecule has 3 aromatic rings. The Hall–Kier alpha value is -2.94. The van der Waals surface area contributed by atoms with Gasteiger partial charge in [0.25, 0.3) is 0 Å². The molecule has 0 bridgehead atoms. The van der Waals surface area contributed by atoms with Crippen molar-refractivity contribution in [1.82, 2.24) is 0 Å². The number of benzene rings is 3. The van der Waals surface area contributed by atoms with Crippen molar-refractivity contribution in [2.75, 3.05) is 0 Å². The number of rotatable bonds is 3. The van der Waals surface area contributed by atoms with Crippen LogP contribution in [0.1, 0.15) is 20.7 Å². The third-order valence-corrected chi connectivity index (χ3v) is 3.26. The molecule has 0 heterocycles. The maximum Gasteiger partial charge on any atom is 0.343 e. The van der Waals surface area contributed by atoms with E-state index in [4.69, 9.17) is 4.74 Å². The highest BCUT2D eigenvalue weighted by Crippen LogP contribution is 2.27. The van der Waals surface area contributed by atoms with Crippen molar-refractivity contribution in [1.29, 1.82) is 0 Å². The van der Waals surface area contributed by atoms with Crippen LogP contribution < -0.4 is 4.74 Å². The number of fused-ring (bicyclic) bond motifs is 1. The third-order valence-electron chi connectivity index (χ3n) is 3.26. The van der Waals surface area contributed by atoms with E-state index < -0.39 is 5.97 Å². The first-order valence-corrected chi connectivity index (χ1v) is 6.54. The minimum atomic E-state index is -0.478. The normalized spacial score (nSPS) is 10.3. The van der Waals surface area contributed by atoms with E-state index in [0.717, 1.165) is 17.1 Å². The number of esters is 1.